The summed E-state index contributed by atoms with van der Waals surface area (Å²) in [5.74, 6) is 3.82. The highest BCUT2D eigenvalue weighted by Gasteiger charge is 2.07. The molecule has 0 aliphatic carbocycles. The van der Waals surface area contributed by atoms with Gasteiger partial charge in [-0.05, 0) is 73.6 Å². The van der Waals surface area contributed by atoms with Gasteiger partial charge in [-0.1, -0.05) is 18.2 Å². The molecule has 5 heteroatoms. The normalized spacial score (nSPS) is 10.5. The summed E-state index contributed by atoms with van der Waals surface area (Å²) in [5.41, 5.74) is 3.16. The van der Waals surface area contributed by atoms with Crippen molar-refractivity contribution in [3.8, 4) is 11.5 Å². The molecule has 0 spiro atoms. The van der Waals surface area contributed by atoms with Crippen LogP contribution in [-0.4, -0.2) is 31.1 Å². The van der Waals surface area contributed by atoms with Crippen LogP contribution < -0.4 is 14.8 Å². The summed E-state index contributed by atoms with van der Waals surface area (Å²) in [6, 6.07) is 13.7. The number of ether oxygens (including phenoxy) is 2. The lowest BCUT2D eigenvalue weighted by molar-refractivity contribution is -0.116. The van der Waals surface area contributed by atoms with Crippen LogP contribution in [0.3, 0.4) is 0 Å². The lowest BCUT2D eigenvalue weighted by atomic mass is 10.1. The maximum Gasteiger partial charge on any atom is 0.224 e. The van der Waals surface area contributed by atoms with Crippen molar-refractivity contribution in [2.24, 2.45) is 0 Å². The fourth-order valence-corrected chi connectivity index (χ4v) is 3.55. The van der Waals surface area contributed by atoms with Gasteiger partial charge in [0.1, 0.15) is 11.5 Å². The van der Waals surface area contributed by atoms with E-state index < -0.39 is 0 Å². The smallest absolute Gasteiger partial charge is 0.224 e. The third-order valence-corrected chi connectivity index (χ3v) is 5.35. The number of hydrogen-bond donors (Lipinski definition) is 1. The molecule has 0 aliphatic rings. The largest absolute Gasteiger partial charge is 0.497 e. The Balaban J connectivity index is 1.52. The average Bonchev–Trinajstić information content (AvgIpc) is 2.67. The summed E-state index contributed by atoms with van der Waals surface area (Å²) in [7, 11) is 1.65. The topological polar surface area (TPSA) is 47.6 Å². The van der Waals surface area contributed by atoms with E-state index >= 15 is 0 Å². The summed E-state index contributed by atoms with van der Waals surface area (Å²) >= 11 is 1.87. The first kappa shape index (κ1) is 21.2. The molecule has 0 saturated heterocycles. The minimum absolute atomic E-state index is 0.0934. The first-order valence-electron chi connectivity index (χ1n) is 9.31. The van der Waals surface area contributed by atoms with Crippen LogP contribution in [0.4, 0.5) is 5.69 Å². The SMILES string of the molecule is COc1ccc(OCCCSCCCC(=O)Nc2c(C)cccc2C)cc1. The van der Waals surface area contributed by atoms with Crippen molar-refractivity contribution >= 4 is 23.4 Å². The molecule has 0 unspecified atom stereocenters. The van der Waals surface area contributed by atoms with E-state index in [-0.39, 0.29) is 5.91 Å². The number of amides is 1. The Morgan fingerprint density at radius 1 is 0.963 bits per heavy atom. The zero-order valence-corrected chi connectivity index (χ0v) is 17.2. The molecule has 0 saturated carbocycles. The number of carbonyl (C=O) groups excluding carboxylic acids is 1. The van der Waals surface area contributed by atoms with Crippen LogP contribution >= 0.6 is 11.8 Å². The van der Waals surface area contributed by atoms with E-state index in [2.05, 4.69) is 5.32 Å². The van der Waals surface area contributed by atoms with Crippen LogP contribution in [0.5, 0.6) is 11.5 Å². The number of benzene rings is 2. The predicted molar refractivity (Wildman–Crippen MR) is 114 cm³/mol. The van der Waals surface area contributed by atoms with Gasteiger partial charge in [-0.3, -0.25) is 4.79 Å². The monoisotopic (exact) mass is 387 g/mol. The third kappa shape index (κ3) is 7.55. The van der Waals surface area contributed by atoms with Crippen LogP contribution in [0.2, 0.25) is 0 Å². The Hall–Kier alpha value is -2.14. The predicted octanol–water partition coefficient (Wildman–Crippen LogP) is 5.23. The average molecular weight is 388 g/mol. The number of aryl methyl sites for hydroxylation is 2. The van der Waals surface area contributed by atoms with Crippen LogP contribution in [-0.2, 0) is 4.79 Å². The van der Waals surface area contributed by atoms with Gasteiger partial charge in [0.25, 0.3) is 0 Å². The highest BCUT2D eigenvalue weighted by molar-refractivity contribution is 7.99. The van der Waals surface area contributed by atoms with Crippen molar-refractivity contribution in [2.45, 2.75) is 33.1 Å². The Labute approximate surface area is 166 Å². The van der Waals surface area contributed by atoms with Gasteiger partial charge in [0, 0.05) is 12.1 Å². The van der Waals surface area contributed by atoms with Gasteiger partial charge in [-0.2, -0.15) is 11.8 Å². The number of carbonyl (C=O) groups is 1. The van der Waals surface area contributed by atoms with E-state index in [0.717, 1.165) is 52.7 Å². The molecule has 0 atom stereocenters. The minimum atomic E-state index is 0.0934. The number of thioether (sulfide) groups is 1. The first-order chi connectivity index (χ1) is 13.1. The van der Waals surface area contributed by atoms with E-state index in [1.54, 1.807) is 7.11 Å². The second kappa shape index (κ2) is 11.5. The Bertz CT molecular complexity index is 696. The van der Waals surface area contributed by atoms with Crippen LogP contribution in [0.25, 0.3) is 0 Å². The highest BCUT2D eigenvalue weighted by Crippen LogP contribution is 2.20. The van der Waals surface area contributed by atoms with Gasteiger partial charge in [-0.25, -0.2) is 0 Å². The van der Waals surface area contributed by atoms with Crippen LogP contribution in [0, 0.1) is 13.8 Å². The molecule has 1 amide bonds. The third-order valence-electron chi connectivity index (χ3n) is 4.20. The summed E-state index contributed by atoms with van der Waals surface area (Å²) < 4.78 is 10.8. The Kier molecular flexibility index (Phi) is 9.05. The molecule has 146 valence electrons. The summed E-state index contributed by atoms with van der Waals surface area (Å²) in [4.78, 5) is 12.1. The summed E-state index contributed by atoms with van der Waals surface area (Å²) in [6.07, 6.45) is 2.44. The van der Waals surface area contributed by atoms with Crippen molar-refractivity contribution in [3.63, 3.8) is 0 Å². The second-order valence-corrected chi connectivity index (χ2v) is 7.63. The standard InChI is InChI=1S/C22H29NO3S/c1-17-7-4-8-18(2)22(17)23-21(24)9-5-15-27-16-6-14-26-20-12-10-19(25-3)11-13-20/h4,7-8,10-13H,5-6,9,14-16H2,1-3H3,(H,23,24). The lowest BCUT2D eigenvalue weighted by Crippen LogP contribution is -2.13. The molecule has 0 radical (unpaired) electrons. The number of rotatable bonds is 11. The van der Waals surface area contributed by atoms with E-state index in [4.69, 9.17) is 9.47 Å². The van der Waals surface area contributed by atoms with Crippen LogP contribution in [0.15, 0.2) is 42.5 Å². The van der Waals surface area contributed by atoms with Crippen molar-refractivity contribution in [1.82, 2.24) is 0 Å². The molecule has 0 aliphatic heterocycles. The summed E-state index contributed by atoms with van der Waals surface area (Å²) in [6.45, 7) is 4.74. The molecule has 27 heavy (non-hydrogen) atoms. The number of para-hydroxylation sites is 1. The van der Waals surface area contributed by atoms with E-state index in [1.807, 2.05) is 68.1 Å². The first-order valence-corrected chi connectivity index (χ1v) is 10.5. The molecule has 0 aromatic heterocycles. The van der Waals surface area contributed by atoms with Gasteiger partial charge < -0.3 is 14.8 Å². The Morgan fingerprint density at radius 2 is 1.59 bits per heavy atom. The van der Waals surface area contributed by atoms with Gasteiger partial charge in [0.2, 0.25) is 5.91 Å². The number of nitrogens with one attached hydrogen (secondary N) is 1. The number of methoxy groups -OCH3 is 1. The molecule has 0 heterocycles. The molecule has 2 aromatic rings. The quantitative estimate of drug-likeness (QED) is 0.536. The van der Waals surface area contributed by atoms with Crippen molar-refractivity contribution in [3.05, 3.63) is 53.6 Å². The van der Waals surface area contributed by atoms with Crippen molar-refractivity contribution < 1.29 is 14.3 Å². The maximum atomic E-state index is 12.1. The molecule has 4 nitrogen and oxygen atoms in total. The fraction of sp³-hybridized carbons (Fsp3) is 0.409. The van der Waals surface area contributed by atoms with Gasteiger partial charge in [-0.15, -0.1) is 0 Å². The van der Waals surface area contributed by atoms with Crippen LogP contribution in [0.1, 0.15) is 30.4 Å². The van der Waals surface area contributed by atoms with Crippen molar-refractivity contribution in [1.29, 1.82) is 0 Å². The van der Waals surface area contributed by atoms with Gasteiger partial charge in [0.15, 0.2) is 0 Å². The number of anilines is 1. The highest BCUT2D eigenvalue weighted by atomic mass is 32.2. The molecule has 2 rings (SSSR count). The van der Waals surface area contributed by atoms with E-state index in [1.165, 1.54) is 0 Å². The van der Waals surface area contributed by atoms with Gasteiger partial charge >= 0.3 is 0 Å². The van der Waals surface area contributed by atoms with E-state index in [9.17, 15) is 4.79 Å². The summed E-state index contributed by atoms with van der Waals surface area (Å²) in [5, 5.41) is 3.04. The molecule has 0 bridgehead atoms. The van der Waals surface area contributed by atoms with Crippen molar-refractivity contribution in [2.75, 3.05) is 30.5 Å². The van der Waals surface area contributed by atoms with Gasteiger partial charge in [0.05, 0.1) is 13.7 Å². The fourth-order valence-electron chi connectivity index (χ4n) is 2.67. The Morgan fingerprint density at radius 3 is 2.26 bits per heavy atom. The molecular weight excluding hydrogens is 358 g/mol. The van der Waals surface area contributed by atoms with E-state index in [0.29, 0.717) is 13.0 Å². The minimum Gasteiger partial charge on any atom is -0.497 e. The number of hydrogen-bond acceptors (Lipinski definition) is 4. The molecular formula is C22H29NO3S. The molecule has 1 N–H and O–H groups in total. The lowest BCUT2D eigenvalue weighted by Gasteiger charge is -2.11. The zero-order chi connectivity index (χ0) is 19.5. The molecule has 0 fully saturated rings. The zero-order valence-electron chi connectivity index (χ0n) is 16.4. The molecule has 2 aromatic carbocycles. The second-order valence-electron chi connectivity index (χ2n) is 6.41. The maximum absolute atomic E-state index is 12.1.